The van der Waals surface area contributed by atoms with Crippen molar-refractivity contribution in [1.82, 2.24) is 5.32 Å². The summed E-state index contributed by atoms with van der Waals surface area (Å²) in [6.45, 7) is 4.27. The molecule has 0 bridgehead atoms. The van der Waals surface area contributed by atoms with Gasteiger partial charge in [-0.2, -0.15) is 0 Å². The van der Waals surface area contributed by atoms with Crippen LogP contribution in [0.5, 0.6) is 0 Å². The number of morpholine rings is 1. The number of hydrogen-bond donors (Lipinski definition) is 2. The van der Waals surface area contributed by atoms with E-state index >= 15 is 0 Å². The van der Waals surface area contributed by atoms with Crippen molar-refractivity contribution >= 4 is 11.6 Å². The maximum Gasteiger partial charge on any atom is 0.251 e. The second-order valence-corrected chi connectivity index (χ2v) is 5.15. The standard InChI is InChI=1S/C15H21FN2O3/c1-11(4-7-19)17-15(20)12-2-3-14(13(16)10-12)18-5-8-21-9-6-18/h2-3,10-11,19H,4-9H2,1H3,(H,17,20). The average molecular weight is 296 g/mol. The number of amides is 1. The lowest BCUT2D eigenvalue weighted by molar-refractivity contribution is 0.0934. The van der Waals surface area contributed by atoms with Crippen molar-refractivity contribution in [1.29, 1.82) is 0 Å². The zero-order valence-electron chi connectivity index (χ0n) is 12.1. The van der Waals surface area contributed by atoms with E-state index in [4.69, 9.17) is 9.84 Å². The van der Waals surface area contributed by atoms with Gasteiger partial charge in [-0.05, 0) is 31.5 Å². The molecular weight excluding hydrogens is 275 g/mol. The lowest BCUT2D eigenvalue weighted by atomic mass is 10.1. The molecule has 1 amide bonds. The largest absolute Gasteiger partial charge is 0.396 e. The lowest BCUT2D eigenvalue weighted by Crippen LogP contribution is -2.37. The first-order valence-electron chi connectivity index (χ1n) is 7.16. The molecule has 0 radical (unpaired) electrons. The van der Waals surface area contributed by atoms with Crippen LogP contribution in [0.4, 0.5) is 10.1 Å². The number of rotatable bonds is 5. The molecule has 5 nitrogen and oxygen atoms in total. The van der Waals surface area contributed by atoms with Crippen LogP contribution in [0.3, 0.4) is 0 Å². The Morgan fingerprint density at radius 2 is 2.19 bits per heavy atom. The summed E-state index contributed by atoms with van der Waals surface area (Å²) in [5.74, 6) is -0.734. The Morgan fingerprint density at radius 3 is 2.81 bits per heavy atom. The fourth-order valence-electron chi connectivity index (χ4n) is 2.28. The number of aliphatic hydroxyl groups excluding tert-OH is 1. The Hall–Kier alpha value is -1.66. The molecule has 1 unspecified atom stereocenters. The summed E-state index contributed by atoms with van der Waals surface area (Å²) >= 11 is 0. The molecule has 0 aromatic heterocycles. The number of carbonyl (C=O) groups is 1. The molecule has 1 aliphatic rings. The van der Waals surface area contributed by atoms with Gasteiger partial charge < -0.3 is 20.1 Å². The third-order valence-electron chi connectivity index (χ3n) is 3.50. The molecule has 21 heavy (non-hydrogen) atoms. The van der Waals surface area contributed by atoms with Gasteiger partial charge in [0.1, 0.15) is 5.82 Å². The van der Waals surface area contributed by atoms with Crippen LogP contribution in [0.15, 0.2) is 18.2 Å². The van der Waals surface area contributed by atoms with Gasteiger partial charge in [0.25, 0.3) is 5.91 Å². The zero-order valence-corrected chi connectivity index (χ0v) is 12.1. The van der Waals surface area contributed by atoms with Gasteiger partial charge in [-0.1, -0.05) is 0 Å². The first-order chi connectivity index (χ1) is 10.1. The van der Waals surface area contributed by atoms with E-state index in [0.29, 0.717) is 38.4 Å². The molecule has 1 heterocycles. The van der Waals surface area contributed by atoms with Crippen molar-refractivity contribution in [3.8, 4) is 0 Å². The maximum atomic E-state index is 14.2. The average Bonchev–Trinajstić information content (AvgIpc) is 2.48. The summed E-state index contributed by atoms with van der Waals surface area (Å²) in [4.78, 5) is 13.9. The summed E-state index contributed by atoms with van der Waals surface area (Å²) in [5, 5.41) is 11.5. The van der Waals surface area contributed by atoms with E-state index < -0.39 is 5.82 Å². The summed E-state index contributed by atoms with van der Waals surface area (Å²) in [7, 11) is 0. The van der Waals surface area contributed by atoms with Gasteiger partial charge in [0.05, 0.1) is 18.9 Å². The molecule has 1 saturated heterocycles. The van der Waals surface area contributed by atoms with Crippen LogP contribution in [-0.2, 0) is 4.74 Å². The van der Waals surface area contributed by atoms with Gasteiger partial charge >= 0.3 is 0 Å². The predicted octanol–water partition coefficient (Wildman–Crippen LogP) is 1.16. The number of hydrogen-bond acceptors (Lipinski definition) is 4. The van der Waals surface area contributed by atoms with Crippen molar-refractivity contribution < 1.29 is 19.0 Å². The molecule has 1 fully saturated rings. The Labute approximate surface area is 123 Å². The number of carbonyl (C=O) groups excluding carboxylic acids is 1. The smallest absolute Gasteiger partial charge is 0.251 e. The molecule has 116 valence electrons. The van der Waals surface area contributed by atoms with Crippen LogP contribution in [0.25, 0.3) is 0 Å². The van der Waals surface area contributed by atoms with Gasteiger partial charge in [0.2, 0.25) is 0 Å². The van der Waals surface area contributed by atoms with Gasteiger partial charge in [0, 0.05) is 31.3 Å². The molecule has 2 N–H and O–H groups in total. The Kier molecular flexibility index (Phi) is 5.52. The summed E-state index contributed by atoms with van der Waals surface area (Å²) < 4.78 is 19.4. The van der Waals surface area contributed by atoms with Crippen LogP contribution in [0, 0.1) is 5.82 Å². The maximum absolute atomic E-state index is 14.2. The van der Waals surface area contributed by atoms with Crippen LogP contribution in [0.2, 0.25) is 0 Å². The normalized spacial score (nSPS) is 16.6. The van der Waals surface area contributed by atoms with Crippen LogP contribution < -0.4 is 10.2 Å². The second kappa shape index (κ2) is 7.38. The number of anilines is 1. The molecule has 1 atom stereocenters. The molecule has 1 aliphatic heterocycles. The van der Waals surface area contributed by atoms with Gasteiger partial charge in [-0.25, -0.2) is 4.39 Å². The minimum Gasteiger partial charge on any atom is -0.396 e. The van der Waals surface area contributed by atoms with Crippen LogP contribution >= 0.6 is 0 Å². The van der Waals surface area contributed by atoms with Crippen LogP contribution in [-0.4, -0.2) is 50.0 Å². The minimum absolute atomic E-state index is 0.00573. The highest BCUT2D eigenvalue weighted by molar-refractivity contribution is 5.94. The Bertz CT molecular complexity index is 490. The van der Waals surface area contributed by atoms with Gasteiger partial charge in [0.15, 0.2) is 0 Å². The highest BCUT2D eigenvalue weighted by atomic mass is 19.1. The second-order valence-electron chi connectivity index (χ2n) is 5.15. The van der Waals surface area contributed by atoms with E-state index in [1.165, 1.54) is 6.07 Å². The fourth-order valence-corrected chi connectivity index (χ4v) is 2.28. The summed E-state index contributed by atoms with van der Waals surface area (Å²) in [6, 6.07) is 4.36. The molecule has 1 aromatic carbocycles. The number of halogens is 1. The van der Waals surface area contributed by atoms with Crippen molar-refractivity contribution in [3.63, 3.8) is 0 Å². The first kappa shape index (κ1) is 15.7. The SMILES string of the molecule is CC(CCO)NC(=O)c1ccc(N2CCOCC2)c(F)c1. The van der Waals surface area contributed by atoms with E-state index in [9.17, 15) is 9.18 Å². The van der Waals surface area contributed by atoms with Crippen molar-refractivity contribution in [2.75, 3.05) is 37.8 Å². The number of ether oxygens (including phenoxy) is 1. The van der Waals surface area contributed by atoms with Gasteiger partial charge in [-0.3, -0.25) is 4.79 Å². The molecule has 0 saturated carbocycles. The molecule has 6 heteroatoms. The van der Waals surface area contributed by atoms with Crippen molar-refractivity contribution in [2.45, 2.75) is 19.4 Å². The number of benzene rings is 1. The minimum atomic E-state index is -0.403. The quantitative estimate of drug-likeness (QED) is 0.856. The third-order valence-corrected chi connectivity index (χ3v) is 3.50. The molecule has 1 aromatic rings. The number of nitrogens with one attached hydrogen (secondary N) is 1. The Balaban J connectivity index is 2.05. The molecule has 0 aliphatic carbocycles. The fraction of sp³-hybridized carbons (Fsp3) is 0.533. The monoisotopic (exact) mass is 296 g/mol. The third kappa shape index (κ3) is 4.15. The summed E-state index contributed by atoms with van der Waals surface area (Å²) in [6.07, 6.45) is 0.472. The molecule has 0 spiro atoms. The predicted molar refractivity (Wildman–Crippen MR) is 78.1 cm³/mol. The molecule has 2 rings (SSSR count). The first-order valence-corrected chi connectivity index (χ1v) is 7.16. The lowest BCUT2D eigenvalue weighted by Gasteiger charge is -2.29. The van der Waals surface area contributed by atoms with E-state index in [1.54, 1.807) is 19.1 Å². The summed E-state index contributed by atoms with van der Waals surface area (Å²) in [5.41, 5.74) is 0.785. The zero-order chi connectivity index (χ0) is 15.2. The van der Waals surface area contributed by atoms with E-state index in [1.807, 2.05) is 4.90 Å². The Morgan fingerprint density at radius 1 is 1.48 bits per heavy atom. The van der Waals surface area contributed by atoms with E-state index in [-0.39, 0.29) is 24.1 Å². The number of nitrogens with zero attached hydrogens (tertiary/aromatic N) is 1. The van der Waals surface area contributed by atoms with Crippen molar-refractivity contribution in [3.05, 3.63) is 29.6 Å². The highest BCUT2D eigenvalue weighted by Crippen LogP contribution is 2.21. The van der Waals surface area contributed by atoms with E-state index in [2.05, 4.69) is 5.32 Å². The van der Waals surface area contributed by atoms with E-state index in [0.717, 1.165) is 0 Å². The van der Waals surface area contributed by atoms with Crippen molar-refractivity contribution in [2.24, 2.45) is 0 Å². The number of aliphatic hydroxyl groups is 1. The van der Waals surface area contributed by atoms with Gasteiger partial charge in [-0.15, -0.1) is 0 Å². The highest BCUT2D eigenvalue weighted by Gasteiger charge is 2.17. The molecular formula is C15H21FN2O3. The van der Waals surface area contributed by atoms with Crippen LogP contribution in [0.1, 0.15) is 23.7 Å². The topological polar surface area (TPSA) is 61.8 Å².